The molecular weight excluding hydrogens is 178 g/mol. The number of carbonyl (C=O) groups excluding carboxylic acids is 1. The van der Waals surface area contributed by atoms with Crippen LogP contribution in [0.2, 0.25) is 0 Å². The Morgan fingerprint density at radius 2 is 2.21 bits per heavy atom. The Bertz CT molecular complexity index is 256. The molecule has 2 fully saturated rings. The molecule has 0 aromatic heterocycles. The molecule has 2 heterocycles. The molecule has 14 heavy (non-hydrogen) atoms. The zero-order valence-corrected chi connectivity index (χ0v) is 9.21. The molecule has 0 saturated carbocycles. The molecule has 2 atom stereocenters. The van der Waals surface area contributed by atoms with Gasteiger partial charge in [0.25, 0.3) is 0 Å². The third kappa shape index (κ3) is 1.21. The van der Waals surface area contributed by atoms with Crippen LogP contribution in [0.5, 0.6) is 0 Å². The van der Waals surface area contributed by atoms with Gasteiger partial charge in [0.1, 0.15) is 0 Å². The van der Waals surface area contributed by atoms with E-state index in [4.69, 9.17) is 0 Å². The Balaban J connectivity index is 2.25. The van der Waals surface area contributed by atoms with Gasteiger partial charge in [0.2, 0.25) is 0 Å². The van der Waals surface area contributed by atoms with Crippen molar-refractivity contribution in [1.29, 1.82) is 0 Å². The van der Waals surface area contributed by atoms with Crippen LogP contribution in [0, 0.1) is 5.92 Å². The minimum Gasteiger partial charge on any atom is -0.327 e. The summed E-state index contributed by atoms with van der Waals surface area (Å²) in [5.74, 6) is 0.608. The second kappa shape index (κ2) is 3.12. The SMILES string of the molecule is CN1CC2CCNCC2(C)N(C)C1=O. The van der Waals surface area contributed by atoms with Crippen molar-refractivity contribution in [2.45, 2.75) is 18.9 Å². The van der Waals surface area contributed by atoms with Crippen LogP contribution in [0.3, 0.4) is 0 Å². The molecule has 4 heteroatoms. The van der Waals surface area contributed by atoms with Gasteiger partial charge >= 0.3 is 6.03 Å². The summed E-state index contributed by atoms with van der Waals surface area (Å²) in [5, 5.41) is 3.38. The molecule has 2 unspecified atom stereocenters. The lowest BCUT2D eigenvalue weighted by Gasteiger charge is -2.53. The summed E-state index contributed by atoms with van der Waals surface area (Å²) in [6, 6.07) is 0.146. The molecule has 0 bridgehead atoms. The van der Waals surface area contributed by atoms with E-state index in [1.165, 1.54) is 6.42 Å². The molecule has 0 aromatic rings. The molecule has 2 amide bonds. The number of nitrogens with zero attached hydrogens (tertiary/aromatic N) is 2. The molecule has 0 aromatic carbocycles. The van der Waals surface area contributed by atoms with E-state index in [2.05, 4.69) is 12.2 Å². The topological polar surface area (TPSA) is 35.6 Å². The lowest BCUT2D eigenvalue weighted by molar-refractivity contribution is 0.0108. The average molecular weight is 197 g/mol. The fourth-order valence-electron chi connectivity index (χ4n) is 2.64. The Hall–Kier alpha value is -0.770. The molecule has 1 N–H and O–H groups in total. The number of carbonyl (C=O) groups is 1. The first kappa shape index (κ1) is 9.77. The van der Waals surface area contributed by atoms with E-state index in [0.717, 1.165) is 19.6 Å². The van der Waals surface area contributed by atoms with Gasteiger partial charge in [-0.3, -0.25) is 0 Å². The molecular formula is C10H19N3O. The van der Waals surface area contributed by atoms with Crippen LogP contribution >= 0.6 is 0 Å². The average Bonchev–Trinajstić information content (AvgIpc) is 2.17. The Labute approximate surface area is 85.2 Å². The normalized spacial score (nSPS) is 38.5. The first-order chi connectivity index (χ1) is 6.55. The summed E-state index contributed by atoms with van der Waals surface area (Å²) in [6.45, 7) is 5.10. The molecule has 80 valence electrons. The number of hydrogen-bond donors (Lipinski definition) is 1. The zero-order chi connectivity index (χ0) is 10.3. The molecule has 0 radical (unpaired) electrons. The summed E-state index contributed by atoms with van der Waals surface area (Å²) in [4.78, 5) is 15.5. The number of piperidine rings is 1. The van der Waals surface area contributed by atoms with Crippen molar-refractivity contribution in [3.63, 3.8) is 0 Å². The van der Waals surface area contributed by atoms with Gasteiger partial charge in [-0.2, -0.15) is 0 Å². The van der Waals surface area contributed by atoms with Crippen LogP contribution < -0.4 is 5.32 Å². The maximum atomic E-state index is 11.8. The summed E-state index contributed by atoms with van der Waals surface area (Å²) < 4.78 is 0. The number of nitrogens with one attached hydrogen (secondary N) is 1. The summed E-state index contributed by atoms with van der Waals surface area (Å²) in [6.07, 6.45) is 1.17. The van der Waals surface area contributed by atoms with Crippen molar-refractivity contribution < 1.29 is 4.79 Å². The number of amides is 2. The molecule has 0 aliphatic carbocycles. The largest absolute Gasteiger partial charge is 0.327 e. The number of likely N-dealkylation sites (N-methyl/N-ethyl adjacent to an activating group) is 1. The van der Waals surface area contributed by atoms with E-state index < -0.39 is 0 Å². The molecule has 2 rings (SSSR count). The third-order valence-electron chi connectivity index (χ3n) is 3.91. The molecule has 2 aliphatic rings. The predicted octanol–water partition coefficient (Wildman–Crippen LogP) is 0.352. The highest BCUT2D eigenvalue weighted by Gasteiger charge is 2.46. The smallest absolute Gasteiger partial charge is 0.320 e. The van der Waals surface area contributed by atoms with Crippen LogP contribution in [0.25, 0.3) is 0 Å². The highest BCUT2D eigenvalue weighted by Crippen LogP contribution is 2.33. The molecule has 2 saturated heterocycles. The van der Waals surface area contributed by atoms with Crippen LogP contribution in [-0.2, 0) is 0 Å². The van der Waals surface area contributed by atoms with Gasteiger partial charge in [0.05, 0.1) is 5.54 Å². The molecule has 0 spiro atoms. The Morgan fingerprint density at radius 3 is 2.93 bits per heavy atom. The summed E-state index contributed by atoms with van der Waals surface area (Å²) in [7, 11) is 3.80. The van der Waals surface area contributed by atoms with Crippen LogP contribution in [0.4, 0.5) is 4.79 Å². The van der Waals surface area contributed by atoms with Crippen LogP contribution in [-0.4, -0.2) is 55.1 Å². The number of fused-ring (bicyclic) bond motifs is 1. The minimum absolute atomic E-state index is 0.0157. The van der Waals surface area contributed by atoms with E-state index in [1.54, 1.807) is 0 Å². The van der Waals surface area contributed by atoms with Crippen molar-refractivity contribution in [3.8, 4) is 0 Å². The van der Waals surface area contributed by atoms with Crippen LogP contribution in [0.1, 0.15) is 13.3 Å². The van der Waals surface area contributed by atoms with E-state index in [1.807, 2.05) is 23.9 Å². The van der Waals surface area contributed by atoms with Crippen molar-refractivity contribution >= 4 is 6.03 Å². The Morgan fingerprint density at radius 1 is 1.50 bits per heavy atom. The second-order valence-electron chi connectivity index (χ2n) is 4.74. The van der Waals surface area contributed by atoms with Gasteiger partial charge in [0.15, 0.2) is 0 Å². The van der Waals surface area contributed by atoms with Crippen LogP contribution in [0.15, 0.2) is 0 Å². The van der Waals surface area contributed by atoms with Gasteiger partial charge in [-0.05, 0) is 19.9 Å². The summed E-state index contributed by atoms with van der Waals surface area (Å²) >= 11 is 0. The van der Waals surface area contributed by atoms with E-state index in [-0.39, 0.29) is 11.6 Å². The van der Waals surface area contributed by atoms with Gasteiger partial charge in [-0.1, -0.05) is 0 Å². The van der Waals surface area contributed by atoms with Crippen molar-refractivity contribution in [3.05, 3.63) is 0 Å². The van der Waals surface area contributed by atoms with Crippen molar-refractivity contribution in [2.24, 2.45) is 5.92 Å². The first-order valence-corrected chi connectivity index (χ1v) is 5.25. The minimum atomic E-state index is 0.0157. The predicted molar refractivity (Wildman–Crippen MR) is 55.2 cm³/mol. The lowest BCUT2D eigenvalue weighted by atomic mass is 9.77. The van der Waals surface area contributed by atoms with E-state index >= 15 is 0 Å². The number of hydrogen-bond acceptors (Lipinski definition) is 2. The van der Waals surface area contributed by atoms with Gasteiger partial charge < -0.3 is 15.1 Å². The fraction of sp³-hybridized carbons (Fsp3) is 0.900. The third-order valence-corrected chi connectivity index (χ3v) is 3.91. The van der Waals surface area contributed by atoms with E-state index in [0.29, 0.717) is 5.92 Å². The van der Waals surface area contributed by atoms with Crippen molar-refractivity contribution in [2.75, 3.05) is 33.7 Å². The van der Waals surface area contributed by atoms with Gasteiger partial charge in [-0.25, -0.2) is 4.79 Å². The maximum Gasteiger partial charge on any atom is 0.320 e. The maximum absolute atomic E-state index is 11.8. The standard InChI is InChI=1S/C10H19N3O/c1-10-7-11-5-4-8(10)6-12(2)9(14)13(10)3/h8,11H,4-7H2,1-3H3. The molecule has 2 aliphatic heterocycles. The van der Waals surface area contributed by atoms with Crippen molar-refractivity contribution in [1.82, 2.24) is 15.1 Å². The van der Waals surface area contributed by atoms with Gasteiger partial charge in [-0.15, -0.1) is 0 Å². The number of urea groups is 1. The Kier molecular flexibility index (Phi) is 2.18. The zero-order valence-electron chi connectivity index (χ0n) is 9.21. The number of rotatable bonds is 0. The molecule has 4 nitrogen and oxygen atoms in total. The van der Waals surface area contributed by atoms with Gasteiger partial charge in [0, 0.05) is 33.1 Å². The monoisotopic (exact) mass is 197 g/mol. The van der Waals surface area contributed by atoms with E-state index in [9.17, 15) is 4.79 Å². The fourth-order valence-corrected chi connectivity index (χ4v) is 2.64. The highest BCUT2D eigenvalue weighted by molar-refractivity contribution is 5.76. The quantitative estimate of drug-likeness (QED) is 0.608. The second-order valence-corrected chi connectivity index (χ2v) is 4.74. The lowest BCUT2D eigenvalue weighted by Crippen LogP contribution is -2.68. The highest BCUT2D eigenvalue weighted by atomic mass is 16.2. The first-order valence-electron chi connectivity index (χ1n) is 5.25. The summed E-state index contributed by atoms with van der Waals surface area (Å²) in [5.41, 5.74) is 0.0157.